The van der Waals surface area contributed by atoms with Crippen molar-refractivity contribution in [2.75, 3.05) is 33.2 Å². The highest BCUT2D eigenvalue weighted by molar-refractivity contribution is 6.31. The highest BCUT2D eigenvalue weighted by atomic mass is 35.5. The van der Waals surface area contributed by atoms with Crippen LogP contribution in [0.3, 0.4) is 0 Å². The molecule has 2 aromatic heterocycles. The van der Waals surface area contributed by atoms with Crippen LogP contribution in [0.15, 0.2) is 71.9 Å². The summed E-state index contributed by atoms with van der Waals surface area (Å²) < 4.78 is 2.92. The van der Waals surface area contributed by atoms with Gasteiger partial charge in [0.05, 0.1) is 23.9 Å². The summed E-state index contributed by atoms with van der Waals surface area (Å²) in [6.07, 6.45) is 3.38. The molecule has 0 spiro atoms. The van der Waals surface area contributed by atoms with Gasteiger partial charge in [-0.1, -0.05) is 58.7 Å². The molecule has 1 atom stereocenters. The molecule has 4 aromatic rings. The van der Waals surface area contributed by atoms with Crippen LogP contribution >= 0.6 is 23.2 Å². The van der Waals surface area contributed by atoms with Gasteiger partial charge in [-0.25, -0.2) is 9.67 Å². The van der Waals surface area contributed by atoms with Gasteiger partial charge in [-0.2, -0.15) is 0 Å². The van der Waals surface area contributed by atoms with Gasteiger partial charge in [0.1, 0.15) is 6.04 Å². The molecular formula is C26H25Cl2N7O2. The van der Waals surface area contributed by atoms with Gasteiger partial charge < -0.3 is 9.80 Å². The third kappa shape index (κ3) is 5.58. The second-order valence-electron chi connectivity index (χ2n) is 9.00. The highest BCUT2D eigenvalue weighted by Gasteiger charge is 2.29. The van der Waals surface area contributed by atoms with E-state index in [4.69, 9.17) is 23.2 Å². The van der Waals surface area contributed by atoms with E-state index >= 15 is 0 Å². The number of benzene rings is 2. The van der Waals surface area contributed by atoms with E-state index in [1.807, 2.05) is 42.3 Å². The third-order valence-electron chi connectivity index (χ3n) is 6.49. The number of carbonyl (C=O) groups excluding carboxylic acids is 1. The zero-order valence-corrected chi connectivity index (χ0v) is 21.7. The molecular weight excluding hydrogens is 513 g/mol. The second kappa shape index (κ2) is 10.8. The summed E-state index contributed by atoms with van der Waals surface area (Å²) in [5, 5.41) is 8.56. The molecule has 0 saturated carbocycles. The summed E-state index contributed by atoms with van der Waals surface area (Å²) >= 11 is 12.2. The zero-order chi connectivity index (χ0) is 25.9. The smallest absolute Gasteiger partial charge is 0.254 e. The average Bonchev–Trinajstić information content (AvgIpc) is 3.34. The van der Waals surface area contributed by atoms with Crippen molar-refractivity contribution in [3.63, 3.8) is 0 Å². The lowest BCUT2D eigenvalue weighted by Crippen LogP contribution is -2.50. The van der Waals surface area contributed by atoms with E-state index in [1.165, 1.54) is 21.6 Å². The standard InChI is InChI=1S/C26H25Cl2N7O2/c1-32-9-11-33(12-10-32)26(37)23(13-18-5-3-2-4-6-18)34-17-29-21(15-25(34)36)20-14-19(27)7-8-22(20)35-16-24(28)30-31-35/h2-8,14-17,23H,9-13H2,1H3. The Morgan fingerprint density at radius 3 is 2.46 bits per heavy atom. The van der Waals surface area contributed by atoms with E-state index in [2.05, 4.69) is 20.2 Å². The molecule has 37 heavy (non-hydrogen) atoms. The quantitative estimate of drug-likeness (QED) is 0.374. The average molecular weight is 538 g/mol. The number of amides is 1. The number of aromatic nitrogens is 5. The second-order valence-corrected chi connectivity index (χ2v) is 9.82. The van der Waals surface area contributed by atoms with Crippen molar-refractivity contribution < 1.29 is 4.79 Å². The molecule has 1 unspecified atom stereocenters. The monoisotopic (exact) mass is 537 g/mol. The van der Waals surface area contributed by atoms with E-state index in [-0.39, 0.29) is 16.6 Å². The molecule has 1 aliphatic rings. The van der Waals surface area contributed by atoms with Crippen LogP contribution in [0.4, 0.5) is 0 Å². The Hall–Kier alpha value is -3.53. The van der Waals surface area contributed by atoms with Crippen molar-refractivity contribution >= 4 is 29.1 Å². The maximum absolute atomic E-state index is 13.7. The normalized spacial score (nSPS) is 15.1. The molecule has 11 heteroatoms. The first-order chi connectivity index (χ1) is 17.9. The van der Waals surface area contributed by atoms with Crippen LogP contribution in [0.25, 0.3) is 16.9 Å². The van der Waals surface area contributed by atoms with Gasteiger partial charge >= 0.3 is 0 Å². The minimum Gasteiger partial charge on any atom is -0.338 e. The number of halogens is 2. The number of carbonyl (C=O) groups is 1. The fraction of sp³-hybridized carbons (Fsp3) is 0.269. The van der Waals surface area contributed by atoms with E-state index < -0.39 is 6.04 Å². The Morgan fingerprint density at radius 1 is 1.03 bits per heavy atom. The van der Waals surface area contributed by atoms with Gasteiger partial charge in [-0.3, -0.25) is 14.2 Å². The summed E-state index contributed by atoms with van der Waals surface area (Å²) in [4.78, 5) is 35.7. The van der Waals surface area contributed by atoms with E-state index in [1.54, 1.807) is 24.4 Å². The van der Waals surface area contributed by atoms with Gasteiger partial charge in [0, 0.05) is 49.3 Å². The van der Waals surface area contributed by atoms with Crippen LogP contribution in [-0.2, 0) is 11.2 Å². The number of hydrogen-bond acceptors (Lipinski definition) is 6. The van der Waals surface area contributed by atoms with Crippen molar-refractivity contribution in [3.8, 4) is 16.9 Å². The summed E-state index contributed by atoms with van der Waals surface area (Å²) in [7, 11) is 2.04. The Balaban J connectivity index is 1.53. The largest absolute Gasteiger partial charge is 0.338 e. The van der Waals surface area contributed by atoms with E-state index in [0.717, 1.165) is 18.7 Å². The number of nitrogens with zero attached hydrogens (tertiary/aromatic N) is 7. The van der Waals surface area contributed by atoms with Crippen LogP contribution in [0, 0.1) is 0 Å². The summed E-state index contributed by atoms with van der Waals surface area (Å²) in [6.45, 7) is 2.82. The van der Waals surface area contributed by atoms with Gasteiger partial charge in [0.25, 0.3) is 5.56 Å². The first-order valence-electron chi connectivity index (χ1n) is 11.9. The minimum atomic E-state index is -0.715. The Bertz CT molecular complexity index is 1460. The fourth-order valence-electron chi connectivity index (χ4n) is 4.45. The summed E-state index contributed by atoms with van der Waals surface area (Å²) in [6, 6.07) is 15.6. The highest BCUT2D eigenvalue weighted by Crippen LogP contribution is 2.28. The third-order valence-corrected chi connectivity index (χ3v) is 6.90. The van der Waals surface area contributed by atoms with Crippen molar-refractivity contribution in [3.05, 3.63) is 93.2 Å². The van der Waals surface area contributed by atoms with Crippen molar-refractivity contribution in [1.82, 2.24) is 34.3 Å². The molecule has 0 N–H and O–H groups in total. The minimum absolute atomic E-state index is 0.0886. The predicted octanol–water partition coefficient (Wildman–Crippen LogP) is 3.36. The first-order valence-corrected chi connectivity index (χ1v) is 12.6. The lowest BCUT2D eigenvalue weighted by atomic mass is 10.0. The Kier molecular flexibility index (Phi) is 7.36. The fourth-order valence-corrected chi connectivity index (χ4v) is 4.74. The molecule has 3 heterocycles. The van der Waals surface area contributed by atoms with Gasteiger partial charge in [-0.15, -0.1) is 5.10 Å². The molecule has 1 fully saturated rings. The van der Waals surface area contributed by atoms with Crippen LogP contribution in [0.5, 0.6) is 0 Å². The predicted molar refractivity (Wildman–Crippen MR) is 142 cm³/mol. The molecule has 190 valence electrons. The summed E-state index contributed by atoms with van der Waals surface area (Å²) in [5.41, 5.74) is 2.23. The Labute approximate surface area is 223 Å². The maximum atomic E-state index is 13.7. The van der Waals surface area contributed by atoms with Crippen LogP contribution in [0.2, 0.25) is 10.2 Å². The first kappa shape index (κ1) is 25.1. The van der Waals surface area contributed by atoms with E-state index in [9.17, 15) is 9.59 Å². The van der Waals surface area contributed by atoms with Crippen molar-refractivity contribution in [2.24, 2.45) is 0 Å². The summed E-state index contributed by atoms with van der Waals surface area (Å²) in [5.74, 6) is -0.0886. The lowest BCUT2D eigenvalue weighted by Gasteiger charge is -2.35. The molecule has 1 aliphatic heterocycles. The van der Waals surface area contributed by atoms with Gasteiger partial charge in [0.15, 0.2) is 5.15 Å². The molecule has 2 aromatic carbocycles. The molecule has 5 rings (SSSR count). The molecule has 0 radical (unpaired) electrons. The van der Waals surface area contributed by atoms with Crippen LogP contribution in [0.1, 0.15) is 11.6 Å². The number of piperazine rings is 1. The number of hydrogen-bond donors (Lipinski definition) is 0. The number of rotatable bonds is 6. The number of likely N-dealkylation sites (N-methyl/N-ethyl adjacent to an activating group) is 1. The molecule has 0 bridgehead atoms. The van der Waals surface area contributed by atoms with Gasteiger partial charge in [0.2, 0.25) is 5.91 Å². The maximum Gasteiger partial charge on any atom is 0.254 e. The Morgan fingerprint density at radius 2 is 1.78 bits per heavy atom. The SMILES string of the molecule is CN1CCN(C(=O)C(Cc2ccccc2)n2cnc(-c3cc(Cl)ccc3-n3cc(Cl)nn3)cc2=O)CC1. The lowest BCUT2D eigenvalue weighted by molar-refractivity contribution is -0.136. The van der Waals surface area contributed by atoms with Crippen molar-refractivity contribution in [1.29, 1.82) is 0 Å². The van der Waals surface area contributed by atoms with Gasteiger partial charge in [-0.05, 0) is 30.8 Å². The molecule has 1 amide bonds. The van der Waals surface area contributed by atoms with Crippen molar-refractivity contribution in [2.45, 2.75) is 12.5 Å². The topological polar surface area (TPSA) is 89.2 Å². The molecule has 1 saturated heterocycles. The van der Waals surface area contributed by atoms with Crippen LogP contribution in [-0.4, -0.2) is 73.5 Å². The van der Waals surface area contributed by atoms with Crippen LogP contribution < -0.4 is 5.56 Å². The molecule has 9 nitrogen and oxygen atoms in total. The van der Waals surface area contributed by atoms with E-state index in [0.29, 0.717) is 41.5 Å². The zero-order valence-electron chi connectivity index (χ0n) is 20.2. The molecule has 0 aliphatic carbocycles.